The van der Waals surface area contributed by atoms with Crippen LogP contribution in [-0.2, 0) is 14.8 Å². The molecule has 2 aliphatic rings. The fourth-order valence-electron chi connectivity index (χ4n) is 3.49. The number of halogens is 2. The van der Waals surface area contributed by atoms with E-state index in [2.05, 4.69) is 10.6 Å². The molecule has 3 rings (SSSR count). The number of carbonyl (C=O) groups excluding carboxylic acids is 2. The van der Waals surface area contributed by atoms with Crippen LogP contribution in [0.1, 0.15) is 23.2 Å². The number of piperidine rings is 1. The molecule has 0 unspecified atom stereocenters. The number of hydrogen-bond donors (Lipinski definition) is 2. The number of amides is 2. The second kappa shape index (κ2) is 9.14. The molecule has 160 valence electrons. The third-order valence-electron chi connectivity index (χ3n) is 5.06. The van der Waals surface area contributed by atoms with Gasteiger partial charge in [0, 0.05) is 37.8 Å². The molecule has 2 saturated heterocycles. The number of rotatable bonds is 6. The third kappa shape index (κ3) is 5.49. The summed E-state index contributed by atoms with van der Waals surface area (Å²) in [6, 6.07) is 5.53. The Bertz CT molecular complexity index is 857. The van der Waals surface area contributed by atoms with E-state index in [1.165, 1.54) is 24.3 Å². The summed E-state index contributed by atoms with van der Waals surface area (Å²) >= 11 is 0. The minimum atomic E-state index is -3.89. The van der Waals surface area contributed by atoms with Crippen LogP contribution in [0.4, 0.5) is 8.78 Å². The molecule has 1 aromatic rings. The van der Waals surface area contributed by atoms with Crippen LogP contribution in [0.15, 0.2) is 29.2 Å². The molecule has 8 nitrogen and oxygen atoms in total. The molecule has 2 N–H and O–H groups in total. The Hall–Kier alpha value is -2.11. The molecule has 0 spiro atoms. The molecule has 29 heavy (non-hydrogen) atoms. The van der Waals surface area contributed by atoms with E-state index in [4.69, 9.17) is 0 Å². The highest BCUT2D eigenvalue weighted by atomic mass is 32.2. The molecule has 1 aromatic carbocycles. The van der Waals surface area contributed by atoms with Crippen molar-refractivity contribution in [1.82, 2.24) is 19.8 Å². The Morgan fingerprint density at radius 1 is 1.24 bits per heavy atom. The van der Waals surface area contributed by atoms with Gasteiger partial charge in [-0.25, -0.2) is 17.2 Å². The minimum Gasteiger partial charge on any atom is -0.354 e. The maximum atomic E-state index is 12.8. The number of alkyl halides is 2. The second-order valence-corrected chi connectivity index (χ2v) is 9.09. The van der Waals surface area contributed by atoms with Gasteiger partial charge in [0.2, 0.25) is 15.9 Å². The van der Waals surface area contributed by atoms with Crippen molar-refractivity contribution in [1.29, 1.82) is 0 Å². The molecule has 0 atom stereocenters. The topological polar surface area (TPSA) is 98.8 Å². The Morgan fingerprint density at radius 3 is 2.62 bits per heavy atom. The van der Waals surface area contributed by atoms with Crippen molar-refractivity contribution in [2.45, 2.75) is 30.2 Å². The number of hydrogen-bond acceptors (Lipinski definition) is 5. The zero-order valence-corrected chi connectivity index (χ0v) is 16.6. The number of likely N-dealkylation sites (tertiary alicyclic amines) is 1. The average molecular weight is 430 g/mol. The minimum absolute atomic E-state index is 0.0494. The zero-order chi connectivity index (χ0) is 21.0. The lowest BCUT2D eigenvalue weighted by Gasteiger charge is -2.32. The van der Waals surface area contributed by atoms with E-state index >= 15 is 0 Å². The van der Waals surface area contributed by atoms with Gasteiger partial charge >= 0.3 is 0 Å². The molecule has 2 fully saturated rings. The van der Waals surface area contributed by atoms with E-state index in [0.29, 0.717) is 25.9 Å². The highest BCUT2D eigenvalue weighted by Gasteiger charge is 2.30. The fraction of sp³-hybridized carbons (Fsp3) is 0.556. The molecular formula is C18H24F2N4O4S. The van der Waals surface area contributed by atoms with E-state index in [-0.39, 0.29) is 48.6 Å². The molecule has 0 bridgehead atoms. The van der Waals surface area contributed by atoms with E-state index in [1.807, 2.05) is 0 Å². The average Bonchev–Trinajstić information content (AvgIpc) is 2.69. The highest BCUT2D eigenvalue weighted by molar-refractivity contribution is 7.89. The normalized spacial score (nSPS) is 19.9. The lowest BCUT2D eigenvalue weighted by Crippen LogP contribution is -2.49. The van der Waals surface area contributed by atoms with Gasteiger partial charge in [0.1, 0.15) is 0 Å². The standard InChI is InChI=1S/C18H24F2N4O4S/c19-16(20)11-23-7-4-14(5-8-23)22-18(26)13-2-1-3-15(10-13)29(27,28)24-9-6-21-17(25)12-24/h1-3,10,14,16H,4-9,11-12H2,(H,21,25)(H,22,26). The van der Waals surface area contributed by atoms with Gasteiger partial charge in [-0.15, -0.1) is 0 Å². The summed E-state index contributed by atoms with van der Waals surface area (Å²) in [4.78, 5) is 25.7. The SMILES string of the molecule is O=C1CN(S(=O)(=O)c2cccc(C(=O)NC3CCN(CC(F)F)CC3)c2)CCN1. The van der Waals surface area contributed by atoms with Crippen LogP contribution in [0.3, 0.4) is 0 Å². The molecule has 2 aliphatic heterocycles. The summed E-state index contributed by atoms with van der Waals surface area (Å²) in [6.07, 6.45) is -1.27. The van der Waals surface area contributed by atoms with Gasteiger partial charge < -0.3 is 10.6 Å². The number of nitrogens with zero attached hydrogens (tertiary/aromatic N) is 2. The van der Waals surface area contributed by atoms with E-state index in [1.54, 1.807) is 4.90 Å². The van der Waals surface area contributed by atoms with Gasteiger partial charge in [-0.3, -0.25) is 14.5 Å². The molecule has 2 heterocycles. The van der Waals surface area contributed by atoms with Crippen LogP contribution in [0, 0.1) is 0 Å². The molecule has 2 amide bonds. The predicted octanol–water partition coefficient (Wildman–Crippen LogP) is 0.266. The molecule has 0 aliphatic carbocycles. The number of piperazine rings is 1. The largest absolute Gasteiger partial charge is 0.354 e. The molecular weight excluding hydrogens is 406 g/mol. The van der Waals surface area contributed by atoms with Gasteiger partial charge in [0.05, 0.1) is 18.0 Å². The first-order valence-electron chi connectivity index (χ1n) is 9.44. The Kier molecular flexibility index (Phi) is 6.81. The van der Waals surface area contributed by atoms with Gasteiger partial charge in [-0.2, -0.15) is 4.31 Å². The van der Waals surface area contributed by atoms with Gasteiger partial charge in [0.25, 0.3) is 12.3 Å². The summed E-state index contributed by atoms with van der Waals surface area (Å²) in [5.74, 6) is -0.780. The first-order chi connectivity index (χ1) is 13.8. The summed E-state index contributed by atoms with van der Waals surface area (Å²) in [6.45, 7) is 0.830. The van der Waals surface area contributed by atoms with Crippen LogP contribution in [0.2, 0.25) is 0 Å². The first-order valence-corrected chi connectivity index (χ1v) is 10.9. The molecule has 0 radical (unpaired) electrons. The summed E-state index contributed by atoms with van der Waals surface area (Å²) in [5.41, 5.74) is 0.197. The van der Waals surface area contributed by atoms with Crippen LogP contribution in [-0.4, -0.2) is 81.2 Å². The van der Waals surface area contributed by atoms with Crippen molar-refractivity contribution in [2.75, 3.05) is 39.3 Å². The van der Waals surface area contributed by atoms with E-state index < -0.39 is 22.4 Å². The molecule has 0 aromatic heterocycles. The van der Waals surface area contributed by atoms with Crippen LogP contribution in [0.25, 0.3) is 0 Å². The number of nitrogens with one attached hydrogen (secondary N) is 2. The maximum Gasteiger partial charge on any atom is 0.251 e. The van der Waals surface area contributed by atoms with Crippen molar-refractivity contribution in [2.24, 2.45) is 0 Å². The molecule has 11 heteroatoms. The van der Waals surface area contributed by atoms with Crippen molar-refractivity contribution in [3.05, 3.63) is 29.8 Å². The quantitative estimate of drug-likeness (QED) is 0.675. The van der Waals surface area contributed by atoms with Crippen molar-refractivity contribution in [3.63, 3.8) is 0 Å². The monoisotopic (exact) mass is 430 g/mol. The summed E-state index contributed by atoms with van der Waals surface area (Å²) < 4.78 is 51.5. The van der Waals surface area contributed by atoms with Gasteiger partial charge in [-0.1, -0.05) is 6.07 Å². The summed E-state index contributed by atoms with van der Waals surface area (Å²) in [7, 11) is -3.89. The number of carbonyl (C=O) groups is 2. The predicted molar refractivity (Wildman–Crippen MR) is 101 cm³/mol. The van der Waals surface area contributed by atoms with Crippen molar-refractivity contribution >= 4 is 21.8 Å². The van der Waals surface area contributed by atoms with Crippen LogP contribution >= 0.6 is 0 Å². The number of sulfonamides is 1. The van der Waals surface area contributed by atoms with E-state index in [0.717, 1.165) is 4.31 Å². The Balaban J connectivity index is 1.63. The highest BCUT2D eigenvalue weighted by Crippen LogP contribution is 2.19. The van der Waals surface area contributed by atoms with E-state index in [9.17, 15) is 26.8 Å². The lowest BCUT2D eigenvalue weighted by molar-refractivity contribution is -0.122. The maximum absolute atomic E-state index is 12.8. The van der Waals surface area contributed by atoms with Crippen LogP contribution in [0.5, 0.6) is 0 Å². The Morgan fingerprint density at radius 2 is 1.97 bits per heavy atom. The molecule has 0 saturated carbocycles. The Labute approximate surface area is 168 Å². The second-order valence-electron chi connectivity index (χ2n) is 7.16. The van der Waals surface area contributed by atoms with Gasteiger partial charge in [-0.05, 0) is 31.0 Å². The summed E-state index contributed by atoms with van der Waals surface area (Å²) in [5, 5.41) is 5.42. The first kappa shape index (κ1) is 21.6. The van der Waals surface area contributed by atoms with Gasteiger partial charge in [0.15, 0.2) is 0 Å². The van der Waals surface area contributed by atoms with Crippen LogP contribution < -0.4 is 10.6 Å². The van der Waals surface area contributed by atoms with Crippen molar-refractivity contribution < 1.29 is 26.8 Å². The van der Waals surface area contributed by atoms with Crippen molar-refractivity contribution in [3.8, 4) is 0 Å². The third-order valence-corrected chi connectivity index (χ3v) is 6.90. The number of benzene rings is 1. The smallest absolute Gasteiger partial charge is 0.251 e. The lowest BCUT2D eigenvalue weighted by atomic mass is 10.0. The zero-order valence-electron chi connectivity index (χ0n) is 15.8. The fourth-order valence-corrected chi connectivity index (χ4v) is 4.93.